The van der Waals surface area contributed by atoms with Crippen molar-refractivity contribution in [2.24, 2.45) is 0 Å². The molecule has 0 aromatic heterocycles. The van der Waals surface area contributed by atoms with Gasteiger partial charge >= 0.3 is 11.9 Å². The number of carbonyl (C=O) groups is 2. The predicted octanol–water partition coefficient (Wildman–Crippen LogP) is 15.2. The maximum absolute atomic E-state index is 11.0. The molecule has 7 nitrogen and oxygen atoms in total. The van der Waals surface area contributed by atoms with Gasteiger partial charge in [0, 0.05) is 28.8 Å². The molecule has 3 N–H and O–H groups in total. The number of allylic oxidation sites excluding steroid dienone is 5. The van der Waals surface area contributed by atoms with Crippen molar-refractivity contribution in [3.8, 4) is 28.4 Å². The van der Waals surface area contributed by atoms with E-state index in [2.05, 4.69) is 100 Å². The van der Waals surface area contributed by atoms with E-state index in [1.807, 2.05) is 24.3 Å². The molecule has 2 aliphatic rings. The summed E-state index contributed by atoms with van der Waals surface area (Å²) in [6, 6.07) is 14.1. The Morgan fingerprint density at radius 3 is 1.68 bits per heavy atom. The minimum Gasteiger partial charge on any atom is -0.507 e. The molecule has 5 rings (SSSR count). The van der Waals surface area contributed by atoms with Crippen LogP contribution in [0.15, 0.2) is 78.4 Å². The van der Waals surface area contributed by atoms with Crippen molar-refractivity contribution in [2.45, 2.75) is 171 Å². The first kappa shape index (κ1) is 54.1. The van der Waals surface area contributed by atoms with Crippen LogP contribution in [0.2, 0.25) is 0 Å². The smallest absolute Gasteiger partial charge is 0.328 e. The highest BCUT2D eigenvalue weighted by atomic mass is 16.5. The fraction of sp³-hybridized carbons (Fsp3) is 0.500. The zero-order chi connectivity index (χ0) is 45.3. The second-order valence-corrected chi connectivity index (χ2v) is 19.6. The SMILES string of the molecule is C.C.CCCCCOc1cc2c(cc1-c1cc(/C=C/C(=O)O)ccc1O)C(C)(C)CCC2(C)C.CCCOc1cc2c(cc1\C(C)=C/C=C/C(C)=C/C(=O)O)C(C)(C)CCC2(C)C. The van der Waals surface area contributed by atoms with Crippen LogP contribution in [0.25, 0.3) is 22.8 Å². The van der Waals surface area contributed by atoms with Crippen molar-refractivity contribution >= 4 is 23.6 Å². The molecular formula is C56H80O7. The van der Waals surface area contributed by atoms with Crippen molar-refractivity contribution in [1.82, 2.24) is 0 Å². The summed E-state index contributed by atoms with van der Waals surface area (Å²) in [5.41, 5.74) is 10.9. The summed E-state index contributed by atoms with van der Waals surface area (Å²) in [5, 5.41) is 28.6. The zero-order valence-electron chi connectivity index (χ0n) is 39.1. The average Bonchev–Trinajstić information content (AvgIpc) is 3.18. The highest BCUT2D eigenvalue weighted by Gasteiger charge is 2.39. The number of hydrogen-bond donors (Lipinski definition) is 3. The predicted molar refractivity (Wildman–Crippen MR) is 266 cm³/mol. The van der Waals surface area contributed by atoms with Gasteiger partial charge in [0.05, 0.1) is 13.2 Å². The van der Waals surface area contributed by atoms with Crippen LogP contribution in [0.1, 0.15) is 183 Å². The van der Waals surface area contributed by atoms with Crippen LogP contribution in [-0.2, 0) is 31.2 Å². The van der Waals surface area contributed by atoms with Crippen molar-refractivity contribution in [2.75, 3.05) is 13.2 Å². The molecule has 0 bridgehead atoms. The molecule has 0 radical (unpaired) electrons. The molecule has 2 aliphatic carbocycles. The minimum atomic E-state index is -1.00. The van der Waals surface area contributed by atoms with Crippen LogP contribution < -0.4 is 9.47 Å². The molecular weight excluding hydrogens is 785 g/mol. The number of benzene rings is 3. The third kappa shape index (κ3) is 14.0. The van der Waals surface area contributed by atoms with Gasteiger partial charge in [-0.15, -0.1) is 0 Å². The summed E-state index contributed by atoms with van der Waals surface area (Å²) >= 11 is 0. The summed E-state index contributed by atoms with van der Waals surface area (Å²) in [6.45, 7) is 27.9. The maximum atomic E-state index is 11.0. The Morgan fingerprint density at radius 1 is 0.635 bits per heavy atom. The first-order chi connectivity index (χ1) is 28.5. The molecule has 0 saturated carbocycles. The number of phenolic OH excluding ortho intramolecular Hbond substituents is 1. The van der Waals surface area contributed by atoms with Crippen molar-refractivity contribution < 1.29 is 34.4 Å². The van der Waals surface area contributed by atoms with Gasteiger partial charge in [-0.05, 0) is 155 Å². The topological polar surface area (TPSA) is 113 Å². The van der Waals surface area contributed by atoms with Crippen LogP contribution >= 0.6 is 0 Å². The molecule has 0 aliphatic heterocycles. The Bertz CT molecular complexity index is 2170. The van der Waals surface area contributed by atoms with Crippen molar-refractivity contribution in [3.63, 3.8) is 0 Å². The largest absolute Gasteiger partial charge is 0.507 e. The van der Waals surface area contributed by atoms with Gasteiger partial charge in [0.25, 0.3) is 0 Å². The Labute approximate surface area is 381 Å². The Kier molecular flexibility index (Phi) is 19.4. The van der Waals surface area contributed by atoms with E-state index in [9.17, 15) is 14.7 Å². The minimum absolute atomic E-state index is 0. The first-order valence-electron chi connectivity index (χ1n) is 22.2. The quantitative estimate of drug-likeness (QED) is 0.0792. The number of aromatic hydroxyl groups is 1. The van der Waals surface area contributed by atoms with Gasteiger partial charge < -0.3 is 24.8 Å². The maximum Gasteiger partial charge on any atom is 0.328 e. The van der Waals surface area contributed by atoms with E-state index in [0.29, 0.717) is 24.4 Å². The van der Waals surface area contributed by atoms with Crippen molar-refractivity contribution in [3.05, 3.63) is 112 Å². The van der Waals surface area contributed by atoms with E-state index < -0.39 is 11.9 Å². The summed E-state index contributed by atoms with van der Waals surface area (Å²) in [6.07, 6.45) is 18.3. The summed E-state index contributed by atoms with van der Waals surface area (Å²) < 4.78 is 12.5. The number of fused-ring (bicyclic) bond motifs is 2. The zero-order valence-corrected chi connectivity index (χ0v) is 39.1. The highest BCUT2D eigenvalue weighted by molar-refractivity contribution is 5.86. The van der Waals surface area contributed by atoms with Crippen LogP contribution in [-0.4, -0.2) is 40.5 Å². The molecule has 0 atom stereocenters. The number of hydrogen-bond acceptors (Lipinski definition) is 5. The number of carboxylic acid groups (broad SMARTS) is 2. The van der Waals surface area contributed by atoms with Crippen LogP contribution in [0.3, 0.4) is 0 Å². The standard InChI is InChI=1S/C28H36O4.C26H36O3.2CH4/c1-6-7-8-15-32-25-18-23-22(27(2,3)13-14-28(23,4)5)17-21(25)20-16-19(9-11-24(20)29)10-12-26(30)31;1-8-14-29-23-17-22-21(25(4,5)12-13-26(22,6)7)16-20(23)19(3)11-9-10-18(2)15-24(27)28;;/h9-12,16-18,29H,6-8,13-15H2,1-5H3,(H,30,31);9-11,15-17H,8,12-14H2,1-7H3,(H,27,28);2*1H4/b12-10+;10-9+,18-15+,19-11-;;. The van der Waals surface area contributed by atoms with E-state index >= 15 is 0 Å². The average molecular weight is 865 g/mol. The lowest BCUT2D eigenvalue weighted by molar-refractivity contribution is -0.132. The van der Waals surface area contributed by atoms with Gasteiger partial charge in [-0.25, -0.2) is 9.59 Å². The lowest BCUT2D eigenvalue weighted by Crippen LogP contribution is -2.34. The molecule has 3 aromatic carbocycles. The van der Waals surface area contributed by atoms with Gasteiger partial charge in [-0.3, -0.25) is 0 Å². The van der Waals surface area contributed by atoms with Crippen LogP contribution in [0.4, 0.5) is 0 Å². The number of unbranched alkanes of at least 4 members (excludes halogenated alkanes) is 2. The number of aliphatic carboxylic acids is 2. The molecule has 346 valence electrons. The normalized spacial score (nSPS) is 17.0. The monoisotopic (exact) mass is 865 g/mol. The molecule has 0 saturated heterocycles. The number of ether oxygens (including phenoxy) is 2. The van der Waals surface area contributed by atoms with Gasteiger partial charge in [-0.1, -0.05) is 121 Å². The number of rotatable bonds is 15. The molecule has 0 heterocycles. The second kappa shape index (κ2) is 22.5. The molecule has 0 spiro atoms. The van der Waals surface area contributed by atoms with Gasteiger partial charge in [0.1, 0.15) is 17.2 Å². The number of carboxylic acids is 2. The van der Waals surface area contributed by atoms with Gasteiger partial charge in [0.2, 0.25) is 0 Å². The summed E-state index contributed by atoms with van der Waals surface area (Å²) in [5.74, 6) is -0.0553. The molecule has 7 heteroatoms. The lowest BCUT2D eigenvalue weighted by Gasteiger charge is -2.42. The third-order valence-electron chi connectivity index (χ3n) is 12.6. The van der Waals surface area contributed by atoms with E-state index in [0.717, 1.165) is 78.4 Å². The van der Waals surface area contributed by atoms with E-state index in [-0.39, 0.29) is 42.3 Å². The molecule has 0 fully saturated rings. The fourth-order valence-electron chi connectivity index (χ4n) is 8.41. The van der Waals surface area contributed by atoms with Gasteiger partial charge in [-0.2, -0.15) is 0 Å². The number of phenols is 1. The van der Waals surface area contributed by atoms with Crippen molar-refractivity contribution in [1.29, 1.82) is 0 Å². The Morgan fingerprint density at radius 2 is 1.16 bits per heavy atom. The lowest BCUT2D eigenvalue weighted by atomic mass is 9.62. The van der Waals surface area contributed by atoms with Crippen LogP contribution in [0.5, 0.6) is 17.2 Å². The third-order valence-corrected chi connectivity index (χ3v) is 12.6. The second-order valence-electron chi connectivity index (χ2n) is 19.6. The molecule has 0 amide bonds. The Balaban J connectivity index is 0.000000422. The Hall–Kier alpha value is -5.04. The van der Waals surface area contributed by atoms with E-state index in [4.69, 9.17) is 19.7 Å². The van der Waals surface area contributed by atoms with Gasteiger partial charge in [0.15, 0.2) is 0 Å². The van der Waals surface area contributed by atoms with Crippen LogP contribution in [0, 0.1) is 0 Å². The fourth-order valence-corrected chi connectivity index (χ4v) is 8.41. The van der Waals surface area contributed by atoms with E-state index in [1.54, 1.807) is 25.1 Å². The molecule has 63 heavy (non-hydrogen) atoms. The molecule has 0 unspecified atom stereocenters. The first-order valence-corrected chi connectivity index (χ1v) is 22.2. The summed E-state index contributed by atoms with van der Waals surface area (Å²) in [4.78, 5) is 21.7. The summed E-state index contributed by atoms with van der Waals surface area (Å²) in [7, 11) is 0. The van der Waals surface area contributed by atoms with E-state index in [1.165, 1.54) is 41.2 Å². The molecule has 3 aromatic rings. The highest BCUT2D eigenvalue weighted by Crippen LogP contribution is 2.51.